The number of allylic oxidation sites excluding steroid dienone is 1. The zero-order valence-corrected chi connectivity index (χ0v) is 14.6. The molecule has 1 aromatic rings. The van der Waals surface area contributed by atoms with E-state index >= 15 is 0 Å². The van der Waals surface area contributed by atoms with Crippen molar-refractivity contribution < 1.29 is 19.1 Å². The van der Waals surface area contributed by atoms with Crippen LogP contribution in [0.25, 0.3) is 0 Å². The van der Waals surface area contributed by atoms with Crippen LogP contribution in [0.1, 0.15) is 45.7 Å². The average molecular weight is 332 g/mol. The Bertz CT molecular complexity index is 667. The van der Waals surface area contributed by atoms with Gasteiger partial charge in [0.25, 0.3) is 0 Å². The van der Waals surface area contributed by atoms with Crippen LogP contribution in [0, 0.1) is 0 Å². The van der Waals surface area contributed by atoms with E-state index in [0.29, 0.717) is 36.0 Å². The van der Waals surface area contributed by atoms with Gasteiger partial charge in [-0.15, -0.1) is 0 Å². The van der Waals surface area contributed by atoms with E-state index in [2.05, 4.69) is 10.6 Å². The van der Waals surface area contributed by atoms with Crippen molar-refractivity contribution in [1.82, 2.24) is 10.6 Å². The lowest BCUT2D eigenvalue weighted by Gasteiger charge is -2.28. The normalized spacial score (nSPS) is 17.2. The Morgan fingerprint density at radius 1 is 1.21 bits per heavy atom. The zero-order valence-electron chi connectivity index (χ0n) is 14.6. The van der Waals surface area contributed by atoms with Crippen molar-refractivity contribution in [3.63, 3.8) is 0 Å². The topological polar surface area (TPSA) is 76.7 Å². The minimum Gasteiger partial charge on any atom is -0.490 e. The fourth-order valence-electron chi connectivity index (χ4n) is 2.71. The number of hydrogen-bond acceptors (Lipinski definition) is 4. The molecule has 1 aliphatic rings. The largest absolute Gasteiger partial charge is 0.490 e. The van der Waals surface area contributed by atoms with Crippen LogP contribution < -0.4 is 20.1 Å². The first-order valence-corrected chi connectivity index (χ1v) is 8.16. The summed E-state index contributed by atoms with van der Waals surface area (Å²) in [5.41, 5.74) is 1.89. The van der Waals surface area contributed by atoms with Gasteiger partial charge in [0.1, 0.15) is 0 Å². The summed E-state index contributed by atoms with van der Waals surface area (Å²) in [4.78, 5) is 23.8. The highest BCUT2D eigenvalue weighted by molar-refractivity contribution is 5.98. The van der Waals surface area contributed by atoms with Crippen LogP contribution in [-0.4, -0.2) is 25.0 Å². The predicted molar refractivity (Wildman–Crippen MR) is 91.2 cm³/mol. The lowest BCUT2D eigenvalue weighted by molar-refractivity contribution is -0.114. The van der Waals surface area contributed by atoms with Crippen LogP contribution in [-0.2, 0) is 4.79 Å². The fourth-order valence-corrected chi connectivity index (χ4v) is 2.71. The first-order valence-electron chi connectivity index (χ1n) is 8.16. The van der Waals surface area contributed by atoms with Crippen LogP contribution in [0.5, 0.6) is 11.5 Å². The maximum Gasteiger partial charge on any atom is 0.319 e. The molecular weight excluding hydrogens is 308 g/mol. The molecule has 2 rings (SSSR count). The molecular formula is C18H24N2O4. The second-order valence-corrected chi connectivity index (χ2v) is 5.61. The Labute approximate surface area is 142 Å². The molecule has 24 heavy (non-hydrogen) atoms. The van der Waals surface area contributed by atoms with E-state index in [1.165, 1.54) is 6.92 Å². The lowest BCUT2D eigenvalue weighted by Crippen LogP contribution is -2.44. The molecule has 6 heteroatoms. The summed E-state index contributed by atoms with van der Waals surface area (Å²) in [6.45, 7) is 8.25. The summed E-state index contributed by atoms with van der Waals surface area (Å²) in [5, 5.41) is 5.44. The fraction of sp³-hybridized carbons (Fsp3) is 0.444. The smallest absolute Gasteiger partial charge is 0.319 e. The molecule has 1 aromatic carbocycles. The summed E-state index contributed by atoms with van der Waals surface area (Å²) in [7, 11) is 0. The van der Waals surface area contributed by atoms with Gasteiger partial charge in [0, 0.05) is 11.3 Å². The molecule has 0 radical (unpaired) electrons. The van der Waals surface area contributed by atoms with Gasteiger partial charge < -0.3 is 20.1 Å². The monoisotopic (exact) mass is 332 g/mol. The number of carbonyl (C=O) groups excluding carboxylic acids is 2. The van der Waals surface area contributed by atoms with E-state index in [9.17, 15) is 9.59 Å². The first-order chi connectivity index (χ1) is 11.5. The summed E-state index contributed by atoms with van der Waals surface area (Å²) < 4.78 is 11.4. The predicted octanol–water partition coefficient (Wildman–Crippen LogP) is 3.09. The number of ether oxygens (including phenoxy) is 2. The second-order valence-electron chi connectivity index (χ2n) is 5.61. The average Bonchev–Trinajstić information content (AvgIpc) is 2.52. The van der Waals surface area contributed by atoms with Crippen molar-refractivity contribution in [2.45, 2.75) is 40.2 Å². The summed E-state index contributed by atoms with van der Waals surface area (Å²) in [5.74, 6) is 1.18. The molecule has 2 N–H and O–H groups in total. The van der Waals surface area contributed by atoms with Crippen molar-refractivity contribution in [1.29, 1.82) is 0 Å². The number of benzene rings is 1. The molecule has 0 unspecified atom stereocenters. The van der Waals surface area contributed by atoms with E-state index in [1.54, 1.807) is 6.92 Å². The third kappa shape index (κ3) is 3.88. The summed E-state index contributed by atoms with van der Waals surface area (Å²) >= 11 is 0. The second kappa shape index (κ2) is 7.86. The van der Waals surface area contributed by atoms with Crippen LogP contribution in [0.4, 0.5) is 4.79 Å². The van der Waals surface area contributed by atoms with Gasteiger partial charge in [0.05, 0.1) is 19.3 Å². The third-order valence-electron chi connectivity index (χ3n) is 3.71. The van der Waals surface area contributed by atoms with Gasteiger partial charge in [-0.3, -0.25) is 4.79 Å². The standard InChI is InChI=1S/C18H24N2O4/c1-5-9-24-14-8-7-13(10-15(14)23-6-2)17-16(12(4)21)11(3)19-18(22)20-17/h7-8,10,17H,5-6,9H2,1-4H3,(H2,19,20,22)/t17-/m1/s1. The van der Waals surface area contributed by atoms with Gasteiger partial charge in [-0.05, 0) is 44.9 Å². The number of Topliss-reactive ketones (excluding diaryl/α,β-unsaturated/α-hetero) is 1. The summed E-state index contributed by atoms with van der Waals surface area (Å²) in [6.07, 6.45) is 0.897. The zero-order chi connectivity index (χ0) is 17.7. The molecule has 1 atom stereocenters. The van der Waals surface area contributed by atoms with Crippen molar-refractivity contribution >= 4 is 11.8 Å². The third-order valence-corrected chi connectivity index (χ3v) is 3.71. The van der Waals surface area contributed by atoms with Gasteiger partial charge in [-0.2, -0.15) is 0 Å². The number of nitrogens with one attached hydrogen (secondary N) is 2. The van der Waals surface area contributed by atoms with Gasteiger partial charge in [0.15, 0.2) is 17.3 Å². The van der Waals surface area contributed by atoms with E-state index in [4.69, 9.17) is 9.47 Å². The minimum atomic E-state index is -0.504. The number of amides is 2. The van der Waals surface area contributed by atoms with Gasteiger partial charge in [0.2, 0.25) is 0 Å². The molecule has 0 aliphatic carbocycles. The van der Waals surface area contributed by atoms with Crippen LogP contribution in [0.15, 0.2) is 29.5 Å². The summed E-state index contributed by atoms with van der Waals surface area (Å²) in [6, 6.07) is 4.65. The van der Waals surface area contributed by atoms with E-state index in [1.807, 2.05) is 32.0 Å². The number of carbonyl (C=O) groups is 2. The van der Waals surface area contributed by atoms with E-state index in [0.717, 1.165) is 12.0 Å². The molecule has 1 heterocycles. The number of ketones is 1. The molecule has 0 fully saturated rings. The Kier molecular flexibility index (Phi) is 5.84. The maximum absolute atomic E-state index is 12.0. The number of urea groups is 1. The van der Waals surface area contributed by atoms with Crippen molar-refractivity contribution in [3.8, 4) is 11.5 Å². The highest BCUT2D eigenvalue weighted by Crippen LogP contribution is 2.34. The highest BCUT2D eigenvalue weighted by atomic mass is 16.5. The lowest BCUT2D eigenvalue weighted by atomic mass is 9.93. The van der Waals surface area contributed by atoms with Crippen LogP contribution in [0.3, 0.4) is 0 Å². The van der Waals surface area contributed by atoms with Crippen LogP contribution in [0.2, 0.25) is 0 Å². The van der Waals surface area contributed by atoms with E-state index < -0.39 is 6.04 Å². The molecule has 0 saturated carbocycles. The number of rotatable bonds is 7. The Balaban J connectivity index is 2.42. The molecule has 2 amide bonds. The van der Waals surface area contributed by atoms with Crippen molar-refractivity contribution in [2.75, 3.05) is 13.2 Å². The SMILES string of the molecule is CCCOc1ccc([C@H]2NC(=O)NC(C)=C2C(C)=O)cc1OCC. The number of hydrogen-bond donors (Lipinski definition) is 2. The molecule has 0 aromatic heterocycles. The molecule has 0 saturated heterocycles. The first kappa shape index (κ1) is 17.8. The van der Waals surface area contributed by atoms with Crippen molar-refractivity contribution in [2.24, 2.45) is 0 Å². The molecule has 130 valence electrons. The van der Waals surface area contributed by atoms with Crippen molar-refractivity contribution in [3.05, 3.63) is 35.0 Å². The van der Waals surface area contributed by atoms with Gasteiger partial charge >= 0.3 is 6.03 Å². The highest BCUT2D eigenvalue weighted by Gasteiger charge is 2.29. The Morgan fingerprint density at radius 2 is 1.96 bits per heavy atom. The quantitative estimate of drug-likeness (QED) is 0.804. The van der Waals surface area contributed by atoms with Gasteiger partial charge in [-0.25, -0.2) is 4.79 Å². The molecule has 1 aliphatic heterocycles. The van der Waals surface area contributed by atoms with Gasteiger partial charge in [-0.1, -0.05) is 13.0 Å². The van der Waals surface area contributed by atoms with E-state index in [-0.39, 0.29) is 11.8 Å². The molecule has 0 spiro atoms. The Hall–Kier alpha value is -2.50. The molecule has 6 nitrogen and oxygen atoms in total. The van der Waals surface area contributed by atoms with Crippen LogP contribution >= 0.6 is 0 Å². The maximum atomic E-state index is 12.0. The minimum absolute atomic E-state index is 0.0886. The molecule has 0 bridgehead atoms. The Morgan fingerprint density at radius 3 is 2.58 bits per heavy atom.